The second-order valence-corrected chi connectivity index (χ2v) is 12.5. The highest BCUT2D eigenvalue weighted by Crippen LogP contribution is 2.40. The third kappa shape index (κ3) is 5.91. The molecule has 39 heavy (non-hydrogen) atoms. The van der Waals surface area contributed by atoms with Crippen LogP contribution in [0.2, 0.25) is 0 Å². The van der Waals surface area contributed by atoms with Gasteiger partial charge in [0.1, 0.15) is 17.9 Å². The normalized spacial score (nSPS) is 21.6. The van der Waals surface area contributed by atoms with E-state index in [9.17, 15) is 14.7 Å². The zero-order valence-corrected chi connectivity index (χ0v) is 23.7. The number of hydrogen-bond donors (Lipinski definition) is 1. The zero-order chi connectivity index (χ0) is 27.8. The van der Waals surface area contributed by atoms with Gasteiger partial charge >= 0.3 is 5.63 Å². The average Bonchev–Trinajstić information content (AvgIpc) is 2.90. The molecule has 208 valence electrons. The molecule has 1 aliphatic carbocycles. The number of nitrogens with zero attached hydrogens (tertiary/aromatic N) is 1. The van der Waals surface area contributed by atoms with Crippen molar-refractivity contribution in [1.29, 1.82) is 0 Å². The minimum absolute atomic E-state index is 0.0424. The topological polar surface area (TPSA) is 80.0 Å². The highest BCUT2D eigenvalue weighted by molar-refractivity contribution is 5.83. The van der Waals surface area contributed by atoms with Crippen LogP contribution < -0.4 is 10.4 Å². The van der Waals surface area contributed by atoms with E-state index in [1.807, 2.05) is 24.0 Å². The Balaban J connectivity index is 1.23. The molecule has 2 heterocycles. The Morgan fingerprint density at radius 3 is 2.64 bits per heavy atom. The summed E-state index contributed by atoms with van der Waals surface area (Å²) in [6.45, 7) is 10.1. The molecule has 1 N–H and O–H groups in total. The van der Waals surface area contributed by atoms with Gasteiger partial charge in [-0.2, -0.15) is 0 Å². The summed E-state index contributed by atoms with van der Waals surface area (Å²) in [6.07, 6.45) is 5.25. The molecule has 6 nitrogen and oxygen atoms in total. The molecule has 5 rings (SSSR count). The summed E-state index contributed by atoms with van der Waals surface area (Å²) < 4.78 is 11.7. The van der Waals surface area contributed by atoms with E-state index in [0.717, 1.165) is 42.2 Å². The maximum atomic E-state index is 13.0. The minimum Gasteiger partial charge on any atom is -0.489 e. The summed E-state index contributed by atoms with van der Waals surface area (Å²) in [5.41, 5.74) is 3.33. The van der Waals surface area contributed by atoms with Crippen LogP contribution in [-0.2, 0) is 23.2 Å². The molecule has 1 aliphatic heterocycles. The van der Waals surface area contributed by atoms with E-state index < -0.39 is 11.2 Å². The van der Waals surface area contributed by atoms with Crippen LogP contribution in [0.5, 0.6) is 5.75 Å². The average molecular weight is 532 g/mol. The van der Waals surface area contributed by atoms with E-state index in [1.54, 1.807) is 6.07 Å². The number of rotatable bonds is 6. The van der Waals surface area contributed by atoms with Crippen molar-refractivity contribution in [3.8, 4) is 5.75 Å². The molecule has 2 fully saturated rings. The maximum Gasteiger partial charge on any atom is 0.339 e. The van der Waals surface area contributed by atoms with E-state index in [2.05, 4.69) is 45.0 Å². The first-order chi connectivity index (χ1) is 18.5. The summed E-state index contributed by atoms with van der Waals surface area (Å²) >= 11 is 0. The van der Waals surface area contributed by atoms with E-state index >= 15 is 0 Å². The van der Waals surface area contributed by atoms with Crippen LogP contribution in [0.1, 0.15) is 81.5 Å². The fourth-order valence-electron chi connectivity index (χ4n) is 6.21. The molecule has 2 atom stereocenters. The van der Waals surface area contributed by atoms with E-state index in [1.165, 1.54) is 5.56 Å². The zero-order valence-electron chi connectivity index (χ0n) is 23.7. The Hall–Kier alpha value is -3.12. The summed E-state index contributed by atoms with van der Waals surface area (Å²) in [4.78, 5) is 27.8. The van der Waals surface area contributed by atoms with Gasteiger partial charge in [0.15, 0.2) is 0 Å². The number of fused-ring (bicyclic) bond motifs is 2. The molecule has 1 saturated heterocycles. The largest absolute Gasteiger partial charge is 0.489 e. The van der Waals surface area contributed by atoms with Crippen LogP contribution in [0.3, 0.4) is 0 Å². The number of carbonyl (C=O) groups excluding carboxylic acids is 1. The lowest BCUT2D eigenvalue weighted by Crippen LogP contribution is -2.54. The lowest BCUT2D eigenvalue weighted by molar-refractivity contribution is -0.143. The number of carbonyl (C=O) groups is 1. The molecule has 2 aromatic carbocycles. The Bertz CT molecular complexity index is 1400. The van der Waals surface area contributed by atoms with Gasteiger partial charge < -0.3 is 19.2 Å². The maximum absolute atomic E-state index is 13.0. The number of hydrogen-bond acceptors (Lipinski definition) is 5. The monoisotopic (exact) mass is 531 g/mol. The van der Waals surface area contributed by atoms with Crippen LogP contribution in [-0.4, -0.2) is 34.6 Å². The molecular weight excluding hydrogens is 490 g/mol. The molecular formula is C33H41NO5. The smallest absolute Gasteiger partial charge is 0.339 e. The second-order valence-electron chi connectivity index (χ2n) is 12.5. The first-order valence-electron chi connectivity index (χ1n) is 14.3. The van der Waals surface area contributed by atoms with Crippen molar-refractivity contribution in [3.63, 3.8) is 0 Å². The van der Waals surface area contributed by atoms with Gasteiger partial charge in [-0.25, -0.2) is 4.79 Å². The van der Waals surface area contributed by atoms with Crippen LogP contribution >= 0.6 is 0 Å². The van der Waals surface area contributed by atoms with Crippen LogP contribution in [0.4, 0.5) is 0 Å². The van der Waals surface area contributed by atoms with E-state index in [-0.39, 0.29) is 23.7 Å². The van der Waals surface area contributed by atoms with Gasteiger partial charge in [-0.1, -0.05) is 57.9 Å². The SMILES string of the molecule is Cc1c(CCC(=O)N2CCC3(O)CCCCC3C2)c(=O)oc2cc(OCc3ccc(C(C)(C)C)cc3)ccc12. The third-order valence-electron chi connectivity index (χ3n) is 8.85. The molecule has 0 radical (unpaired) electrons. The molecule has 2 aliphatic rings. The summed E-state index contributed by atoms with van der Waals surface area (Å²) in [5, 5.41) is 11.8. The van der Waals surface area contributed by atoms with Crippen LogP contribution in [0, 0.1) is 12.8 Å². The van der Waals surface area contributed by atoms with E-state index in [0.29, 0.717) is 49.4 Å². The predicted molar refractivity (Wildman–Crippen MR) is 153 cm³/mol. The summed E-state index contributed by atoms with van der Waals surface area (Å²) in [7, 11) is 0. The van der Waals surface area contributed by atoms with Crippen LogP contribution in [0.25, 0.3) is 11.0 Å². The molecule has 1 saturated carbocycles. The van der Waals surface area contributed by atoms with Crippen molar-refractivity contribution in [2.75, 3.05) is 13.1 Å². The molecule has 2 unspecified atom stereocenters. The van der Waals surface area contributed by atoms with Gasteiger partial charge in [0.25, 0.3) is 0 Å². The number of amides is 1. The minimum atomic E-state index is -0.607. The highest BCUT2D eigenvalue weighted by atomic mass is 16.5. The molecule has 0 bridgehead atoms. The molecule has 1 amide bonds. The van der Waals surface area contributed by atoms with Gasteiger partial charge in [0.2, 0.25) is 5.91 Å². The number of ether oxygens (including phenoxy) is 1. The van der Waals surface area contributed by atoms with Crippen molar-refractivity contribution >= 4 is 16.9 Å². The Labute approximate surface area is 231 Å². The Morgan fingerprint density at radius 1 is 1.13 bits per heavy atom. The first-order valence-corrected chi connectivity index (χ1v) is 14.3. The van der Waals surface area contributed by atoms with E-state index in [4.69, 9.17) is 9.15 Å². The first kappa shape index (κ1) is 27.4. The quantitative estimate of drug-likeness (QED) is 0.391. The third-order valence-corrected chi connectivity index (χ3v) is 8.85. The predicted octanol–water partition coefficient (Wildman–Crippen LogP) is 6.06. The van der Waals surface area contributed by atoms with Gasteiger partial charge in [-0.15, -0.1) is 0 Å². The van der Waals surface area contributed by atoms with Gasteiger partial charge in [-0.05, 0) is 66.8 Å². The standard InChI is InChI=1S/C33H41NO5/c1-22-27-13-12-26(38-21-23-8-10-24(11-9-23)32(2,3)4)19-29(27)39-31(36)28(22)14-15-30(35)34-18-17-33(37)16-6-5-7-25(33)20-34/h8-13,19,25,37H,5-7,14-18,20-21H2,1-4H3. The molecule has 6 heteroatoms. The number of aliphatic hydroxyl groups is 1. The van der Waals surface area contributed by atoms with Gasteiger partial charge in [-0.3, -0.25) is 4.79 Å². The Kier molecular flexibility index (Phi) is 7.60. The number of piperidine rings is 1. The summed E-state index contributed by atoms with van der Waals surface area (Å²) in [5.74, 6) is 0.845. The van der Waals surface area contributed by atoms with Crippen LogP contribution in [0.15, 0.2) is 51.7 Å². The number of benzene rings is 2. The molecule has 3 aromatic rings. The van der Waals surface area contributed by atoms with Crippen molar-refractivity contribution < 1.29 is 19.1 Å². The van der Waals surface area contributed by atoms with Crippen molar-refractivity contribution in [1.82, 2.24) is 4.90 Å². The van der Waals surface area contributed by atoms with Crippen molar-refractivity contribution in [2.24, 2.45) is 5.92 Å². The number of likely N-dealkylation sites (tertiary alicyclic amines) is 1. The van der Waals surface area contributed by atoms with Crippen molar-refractivity contribution in [2.45, 2.75) is 90.3 Å². The fraction of sp³-hybridized carbons (Fsp3) is 0.515. The summed E-state index contributed by atoms with van der Waals surface area (Å²) in [6, 6.07) is 14.0. The Morgan fingerprint density at radius 2 is 1.90 bits per heavy atom. The second kappa shape index (κ2) is 10.8. The lowest BCUT2D eigenvalue weighted by Gasteiger charge is -2.47. The lowest BCUT2D eigenvalue weighted by atomic mass is 9.71. The highest BCUT2D eigenvalue weighted by Gasteiger charge is 2.43. The number of aryl methyl sites for hydroxylation is 1. The van der Waals surface area contributed by atoms with Crippen molar-refractivity contribution in [3.05, 3.63) is 75.1 Å². The molecule has 0 spiro atoms. The van der Waals surface area contributed by atoms with Gasteiger partial charge in [0, 0.05) is 42.4 Å². The van der Waals surface area contributed by atoms with Gasteiger partial charge in [0.05, 0.1) is 5.60 Å². The fourth-order valence-corrected chi connectivity index (χ4v) is 6.21. The molecule has 1 aromatic heterocycles.